The molecule has 0 spiro atoms. The van der Waals surface area contributed by atoms with Crippen LogP contribution >= 0.6 is 0 Å². The number of ether oxygens (including phenoxy) is 2. The number of rotatable bonds is 8. The van der Waals surface area contributed by atoms with E-state index in [0.717, 1.165) is 5.56 Å². The van der Waals surface area contributed by atoms with Crippen molar-refractivity contribution in [2.75, 3.05) is 40.1 Å². The zero-order valence-electron chi connectivity index (χ0n) is 12.2. The molecule has 2 N–H and O–H groups in total. The highest BCUT2D eigenvalue weighted by Gasteiger charge is 2.04. The quantitative estimate of drug-likeness (QED) is 0.549. The number of nitrogens with one attached hydrogen (secondary N) is 1. The van der Waals surface area contributed by atoms with Crippen LogP contribution in [0.2, 0.25) is 0 Å². The molecule has 0 aliphatic rings. The second kappa shape index (κ2) is 10.9. The summed E-state index contributed by atoms with van der Waals surface area (Å²) in [6, 6.07) is 7.08. The van der Waals surface area contributed by atoms with Crippen molar-refractivity contribution < 1.29 is 19.4 Å². The van der Waals surface area contributed by atoms with Crippen LogP contribution in [-0.4, -0.2) is 51.1 Å². The number of carbonyl (C=O) groups excluding carboxylic acids is 1. The van der Waals surface area contributed by atoms with E-state index in [0.29, 0.717) is 38.3 Å². The van der Waals surface area contributed by atoms with E-state index in [1.165, 1.54) is 0 Å². The Kier molecular flexibility index (Phi) is 8.89. The summed E-state index contributed by atoms with van der Waals surface area (Å²) in [5, 5.41) is 11.5. The second-order valence-electron chi connectivity index (χ2n) is 4.22. The molecular weight excluding hydrogens is 270 g/mol. The van der Waals surface area contributed by atoms with Crippen molar-refractivity contribution in [3.63, 3.8) is 0 Å². The molecule has 0 aromatic heterocycles. The number of aliphatic hydroxyl groups is 1. The smallest absolute Gasteiger partial charge is 0.251 e. The molecule has 0 fully saturated rings. The molecule has 1 amide bonds. The fourth-order valence-corrected chi connectivity index (χ4v) is 1.54. The van der Waals surface area contributed by atoms with Crippen molar-refractivity contribution in [2.45, 2.75) is 6.42 Å². The number of hydrogen-bond acceptors (Lipinski definition) is 4. The zero-order chi connectivity index (χ0) is 15.3. The lowest BCUT2D eigenvalue weighted by molar-refractivity contribution is 0.0692. The molecule has 0 unspecified atom stereocenters. The van der Waals surface area contributed by atoms with Crippen molar-refractivity contribution in [2.24, 2.45) is 0 Å². The van der Waals surface area contributed by atoms with Gasteiger partial charge < -0.3 is 19.9 Å². The summed E-state index contributed by atoms with van der Waals surface area (Å²) >= 11 is 0. The van der Waals surface area contributed by atoms with E-state index in [1.54, 1.807) is 25.3 Å². The lowest BCUT2D eigenvalue weighted by atomic mass is 10.1. The number of benzene rings is 1. The summed E-state index contributed by atoms with van der Waals surface area (Å²) in [6.07, 6.45) is 0.426. The second-order valence-corrected chi connectivity index (χ2v) is 4.22. The van der Waals surface area contributed by atoms with Crippen molar-refractivity contribution in [1.29, 1.82) is 0 Å². The van der Waals surface area contributed by atoms with Crippen LogP contribution in [0.1, 0.15) is 22.3 Å². The maximum absolute atomic E-state index is 11.9. The molecule has 0 aliphatic heterocycles. The van der Waals surface area contributed by atoms with Crippen LogP contribution in [0.5, 0.6) is 0 Å². The molecule has 0 saturated heterocycles. The Morgan fingerprint density at radius 2 is 2.19 bits per heavy atom. The van der Waals surface area contributed by atoms with E-state index in [2.05, 4.69) is 17.2 Å². The highest BCUT2D eigenvalue weighted by molar-refractivity contribution is 5.94. The molecule has 0 saturated carbocycles. The molecule has 0 aliphatic carbocycles. The summed E-state index contributed by atoms with van der Waals surface area (Å²) in [5.74, 6) is 5.57. The highest BCUT2D eigenvalue weighted by Crippen LogP contribution is 2.04. The SMILES string of the molecule is COCCOCCNC(=O)c1cccc(C#CCCO)c1. The standard InChI is InChI=1S/C16H21NO4/c1-20-11-12-21-10-8-17-16(19)15-7-4-6-14(13-15)5-2-3-9-18/h4,6-7,13,18H,3,8-12H2,1H3,(H,17,19). The third kappa shape index (κ3) is 7.47. The van der Waals surface area contributed by atoms with Crippen molar-refractivity contribution in [1.82, 2.24) is 5.32 Å². The van der Waals surface area contributed by atoms with E-state index >= 15 is 0 Å². The number of amides is 1. The Hall–Kier alpha value is -1.87. The minimum atomic E-state index is -0.156. The van der Waals surface area contributed by atoms with Gasteiger partial charge in [0, 0.05) is 31.2 Å². The molecule has 5 heteroatoms. The predicted molar refractivity (Wildman–Crippen MR) is 80.1 cm³/mol. The molecule has 114 valence electrons. The number of carbonyl (C=O) groups is 1. The van der Waals surface area contributed by atoms with E-state index < -0.39 is 0 Å². The fourth-order valence-electron chi connectivity index (χ4n) is 1.54. The first kappa shape index (κ1) is 17.2. The molecule has 1 aromatic carbocycles. The van der Waals surface area contributed by atoms with E-state index in [9.17, 15) is 4.79 Å². The third-order valence-electron chi connectivity index (χ3n) is 2.56. The van der Waals surface area contributed by atoms with E-state index in [4.69, 9.17) is 14.6 Å². The summed E-state index contributed by atoms with van der Waals surface area (Å²) < 4.78 is 10.1. The molecule has 0 atom stereocenters. The Labute approximate surface area is 125 Å². The summed E-state index contributed by atoms with van der Waals surface area (Å²) in [5.41, 5.74) is 1.31. The monoisotopic (exact) mass is 291 g/mol. The Morgan fingerprint density at radius 3 is 2.95 bits per heavy atom. The number of methoxy groups -OCH3 is 1. The molecule has 0 bridgehead atoms. The minimum Gasteiger partial charge on any atom is -0.395 e. The maximum atomic E-state index is 11.9. The van der Waals surface area contributed by atoms with Gasteiger partial charge >= 0.3 is 0 Å². The first-order chi connectivity index (χ1) is 10.3. The van der Waals surface area contributed by atoms with E-state index in [1.807, 2.05) is 6.07 Å². The number of hydrogen-bond donors (Lipinski definition) is 2. The lowest BCUT2D eigenvalue weighted by Crippen LogP contribution is -2.27. The van der Waals surface area contributed by atoms with Gasteiger partial charge in [-0.25, -0.2) is 0 Å². The summed E-state index contributed by atoms with van der Waals surface area (Å²) in [4.78, 5) is 11.9. The normalized spacial score (nSPS) is 9.81. The average Bonchev–Trinajstić information content (AvgIpc) is 2.51. The largest absolute Gasteiger partial charge is 0.395 e. The van der Waals surface area contributed by atoms with Gasteiger partial charge in [-0.2, -0.15) is 0 Å². The molecule has 1 aromatic rings. The highest BCUT2D eigenvalue weighted by atomic mass is 16.5. The fraction of sp³-hybridized carbons (Fsp3) is 0.438. The van der Waals surface area contributed by atoms with Crippen LogP contribution < -0.4 is 5.32 Å². The first-order valence-electron chi connectivity index (χ1n) is 6.82. The van der Waals surface area contributed by atoms with Gasteiger partial charge in [0.2, 0.25) is 0 Å². The van der Waals surface area contributed by atoms with Gasteiger partial charge in [0.25, 0.3) is 5.91 Å². The van der Waals surface area contributed by atoms with Crippen molar-refractivity contribution in [3.8, 4) is 11.8 Å². The van der Waals surface area contributed by atoms with Crippen LogP contribution in [0.3, 0.4) is 0 Å². The Morgan fingerprint density at radius 1 is 1.33 bits per heavy atom. The minimum absolute atomic E-state index is 0.0379. The van der Waals surface area contributed by atoms with Crippen LogP contribution in [0, 0.1) is 11.8 Å². The van der Waals surface area contributed by atoms with Gasteiger partial charge in [-0.05, 0) is 18.2 Å². The Balaban J connectivity index is 2.40. The topological polar surface area (TPSA) is 67.8 Å². The Bertz CT molecular complexity index is 491. The molecule has 5 nitrogen and oxygen atoms in total. The summed E-state index contributed by atoms with van der Waals surface area (Å²) in [7, 11) is 1.61. The summed E-state index contributed by atoms with van der Waals surface area (Å²) in [6.45, 7) is 2.00. The molecule has 0 heterocycles. The van der Waals surface area contributed by atoms with Crippen LogP contribution in [0.15, 0.2) is 24.3 Å². The van der Waals surface area contributed by atoms with Crippen LogP contribution in [0.25, 0.3) is 0 Å². The third-order valence-corrected chi connectivity index (χ3v) is 2.56. The van der Waals surface area contributed by atoms with Gasteiger partial charge in [0.05, 0.1) is 26.4 Å². The predicted octanol–water partition coefficient (Wildman–Crippen LogP) is 0.813. The van der Waals surface area contributed by atoms with Crippen molar-refractivity contribution in [3.05, 3.63) is 35.4 Å². The van der Waals surface area contributed by atoms with Gasteiger partial charge in [-0.15, -0.1) is 0 Å². The average molecular weight is 291 g/mol. The van der Waals surface area contributed by atoms with Gasteiger partial charge in [0.1, 0.15) is 0 Å². The molecule has 1 rings (SSSR count). The van der Waals surface area contributed by atoms with Crippen LogP contribution in [-0.2, 0) is 9.47 Å². The molecule has 0 radical (unpaired) electrons. The van der Waals surface area contributed by atoms with Gasteiger partial charge in [-0.3, -0.25) is 4.79 Å². The zero-order valence-corrected chi connectivity index (χ0v) is 12.2. The number of aliphatic hydroxyl groups excluding tert-OH is 1. The van der Waals surface area contributed by atoms with Gasteiger partial charge in [0.15, 0.2) is 0 Å². The maximum Gasteiger partial charge on any atom is 0.251 e. The molecular formula is C16H21NO4. The lowest BCUT2D eigenvalue weighted by Gasteiger charge is -2.06. The van der Waals surface area contributed by atoms with Crippen LogP contribution in [0.4, 0.5) is 0 Å². The van der Waals surface area contributed by atoms with E-state index in [-0.39, 0.29) is 12.5 Å². The molecule has 21 heavy (non-hydrogen) atoms. The van der Waals surface area contributed by atoms with Gasteiger partial charge in [-0.1, -0.05) is 17.9 Å². The first-order valence-corrected chi connectivity index (χ1v) is 6.82. The van der Waals surface area contributed by atoms with Crippen molar-refractivity contribution >= 4 is 5.91 Å².